The summed E-state index contributed by atoms with van der Waals surface area (Å²) in [6, 6.07) is -0.379. The average Bonchev–Trinajstić information content (AvgIpc) is 2.34. The molecule has 2 amide bonds. The van der Waals surface area contributed by atoms with Crippen LogP contribution in [0.3, 0.4) is 0 Å². The molecule has 0 aliphatic carbocycles. The molecule has 1 unspecified atom stereocenters. The second-order valence-corrected chi connectivity index (χ2v) is 7.08. The predicted molar refractivity (Wildman–Crippen MR) is 83.1 cm³/mol. The minimum absolute atomic E-state index is 0.0512. The van der Waals surface area contributed by atoms with Gasteiger partial charge in [-0.25, -0.2) is 4.79 Å². The third-order valence-electron chi connectivity index (χ3n) is 3.61. The maximum absolute atomic E-state index is 12.5. The van der Waals surface area contributed by atoms with Crippen molar-refractivity contribution in [2.24, 2.45) is 5.92 Å². The highest BCUT2D eigenvalue weighted by atomic mass is 16.6. The Morgan fingerprint density at radius 2 is 1.95 bits per heavy atom. The van der Waals surface area contributed by atoms with Crippen molar-refractivity contribution in [2.45, 2.75) is 66.0 Å². The molecule has 0 spiro atoms. The van der Waals surface area contributed by atoms with E-state index in [1.807, 2.05) is 32.6 Å². The number of rotatable bonds is 4. The summed E-state index contributed by atoms with van der Waals surface area (Å²) < 4.78 is 5.45. The Labute approximate surface area is 128 Å². The van der Waals surface area contributed by atoms with E-state index in [1.54, 1.807) is 4.90 Å². The Bertz CT molecular complexity index is 374. The summed E-state index contributed by atoms with van der Waals surface area (Å²) in [4.78, 5) is 28.3. The van der Waals surface area contributed by atoms with Crippen LogP contribution in [-0.4, -0.2) is 53.1 Å². The van der Waals surface area contributed by atoms with Crippen LogP contribution < -0.4 is 0 Å². The fourth-order valence-corrected chi connectivity index (χ4v) is 2.46. The highest BCUT2D eigenvalue weighted by Gasteiger charge is 2.38. The summed E-state index contributed by atoms with van der Waals surface area (Å²) in [5.41, 5.74) is -0.537. The molecule has 0 aromatic carbocycles. The van der Waals surface area contributed by atoms with Gasteiger partial charge in [0.2, 0.25) is 5.91 Å². The van der Waals surface area contributed by atoms with Crippen molar-refractivity contribution in [3.63, 3.8) is 0 Å². The number of amides is 2. The van der Waals surface area contributed by atoms with Gasteiger partial charge >= 0.3 is 6.09 Å². The number of carbonyl (C=O) groups is 2. The number of piperazine rings is 1. The summed E-state index contributed by atoms with van der Waals surface area (Å²) in [6.07, 6.45) is 1.25. The molecule has 1 aliphatic heterocycles. The lowest BCUT2D eigenvalue weighted by Crippen LogP contribution is -2.59. The topological polar surface area (TPSA) is 49.9 Å². The molecule has 1 saturated heterocycles. The smallest absolute Gasteiger partial charge is 0.411 e. The maximum Gasteiger partial charge on any atom is 0.411 e. The second kappa shape index (κ2) is 7.14. The first kappa shape index (κ1) is 17.8. The fourth-order valence-electron chi connectivity index (χ4n) is 2.46. The van der Waals surface area contributed by atoms with E-state index in [9.17, 15) is 9.59 Å². The standard InChI is InChI=1S/C16H30N2O3/c1-7-17-10-11-18(15(20)21-16(4,5)6)13(14(17)19)9-8-12(2)3/h12-13H,7-11H2,1-6H3. The Balaban J connectivity index is 2.83. The number of hydrogen-bond donors (Lipinski definition) is 0. The summed E-state index contributed by atoms with van der Waals surface area (Å²) in [5, 5.41) is 0. The molecular weight excluding hydrogens is 268 g/mol. The first-order valence-corrected chi connectivity index (χ1v) is 7.94. The minimum atomic E-state index is -0.537. The largest absolute Gasteiger partial charge is 0.444 e. The van der Waals surface area contributed by atoms with E-state index < -0.39 is 5.60 Å². The number of nitrogens with zero attached hydrogens (tertiary/aromatic N) is 2. The van der Waals surface area contributed by atoms with Crippen LogP contribution in [0.25, 0.3) is 0 Å². The lowest BCUT2D eigenvalue weighted by Gasteiger charge is -2.40. The normalized spacial score (nSPS) is 20.1. The summed E-state index contributed by atoms with van der Waals surface area (Å²) in [7, 11) is 0. The van der Waals surface area contributed by atoms with Crippen LogP contribution in [0.15, 0.2) is 0 Å². The molecule has 5 heteroatoms. The average molecular weight is 298 g/mol. The van der Waals surface area contributed by atoms with Gasteiger partial charge in [-0.2, -0.15) is 0 Å². The minimum Gasteiger partial charge on any atom is -0.444 e. The third-order valence-corrected chi connectivity index (χ3v) is 3.61. The SMILES string of the molecule is CCN1CCN(C(=O)OC(C)(C)C)C(CCC(C)C)C1=O. The van der Waals surface area contributed by atoms with Crippen molar-refractivity contribution in [2.75, 3.05) is 19.6 Å². The summed E-state index contributed by atoms with van der Waals surface area (Å²) in [5.74, 6) is 0.561. The first-order valence-electron chi connectivity index (χ1n) is 7.94. The van der Waals surface area contributed by atoms with Crippen LogP contribution in [0.5, 0.6) is 0 Å². The van der Waals surface area contributed by atoms with Crippen molar-refractivity contribution in [1.82, 2.24) is 9.80 Å². The molecule has 1 heterocycles. The van der Waals surface area contributed by atoms with Gasteiger partial charge in [0.05, 0.1) is 0 Å². The molecular formula is C16H30N2O3. The van der Waals surface area contributed by atoms with Crippen molar-refractivity contribution in [3.05, 3.63) is 0 Å². The molecule has 1 atom stereocenters. The van der Waals surface area contributed by atoms with Gasteiger partial charge in [0.1, 0.15) is 11.6 Å². The van der Waals surface area contributed by atoms with Crippen LogP contribution in [0.4, 0.5) is 4.79 Å². The van der Waals surface area contributed by atoms with Gasteiger partial charge in [-0.15, -0.1) is 0 Å². The van der Waals surface area contributed by atoms with Crippen LogP contribution >= 0.6 is 0 Å². The maximum atomic E-state index is 12.5. The van der Waals surface area contributed by atoms with E-state index >= 15 is 0 Å². The molecule has 0 N–H and O–H groups in total. The van der Waals surface area contributed by atoms with Crippen LogP contribution in [-0.2, 0) is 9.53 Å². The highest BCUT2D eigenvalue weighted by molar-refractivity contribution is 5.87. The number of likely N-dealkylation sites (N-methyl/N-ethyl adjacent to an activating group) is 1. The van der Waals surface area contributed by atoms with Crippen molar-refractivity contribution >= 4 is 12.0 Å². The van der Waals surface area contributed by atoms with E-state index in [-0.39, 0.29) is 18.0 Å². The Morgan fingerprint density at radius 1 is 1.33 bits per heavy atom. The zero-order valence-electron chi connectivity index (χ0n) is 14.3. The highest BCUT2D eigenvalue weighted by Crippen LogP contribution is 2.21. The van der Waals surface area contributed by atoms with Gasteiger partial charge in [-0.3, -0.25) is 9.69 Å². The van der Waals surface area contributed by atoms with Crippen LogP contribution in [0.1, 0.15) is 54.4 Å². The zero-order valence-corrected chi connectivity index (χ0v) is 14.3. The molecule has 122 valence electrons. The van der Waals surface area contributed by atoms with Crippen molar-refractivity contribution in [1.29, 1.82) is 0 Å². The molecule has 0 bridgehead atoms. The number of carbonyl (C=O) groups excluding carboxylic acids is 2. The second-order valence-electron chi connectivity index (χ2n) is 7.08. The summed E-state index contributed by atoms with van der Waals surface area (Å²) in [6.45, 7) is 13.6. The predicted octanol–water partition coefficient (Wildman–Crippen LogP) is 2.89. The van der Waals surface area contributed by atoms with Gasteiger partial charge < -0.3 is 9.64 Å². The molecule has 5 nitrogen and oxygen atoms in total. The summed E-state index contributed by atoms with van der Waals surface area (Å²) >= 11 is 0. The molecule has 0 aromatic rings. The fraction of sp³-hybridized carbons (Fsp3) is 0.875. The van der Waals surface area contributed by atoms with Gasteiger partial charge in [-0.1, -0.05) is 13.8 Å². The van der Waals surface area contributed by atoms with Gasteiger partial charge in [0.15, 0.2) is 0 Å². The van der Waals surface area contributed by atoms with E-state index in [2.05, 4.69) is 13.8 Å². The molecule has 0 radical (unpaired) electrons. The van der Waals surface area contributed by atoms with E-state index in [4.69, 9.17) is 4.74 Å². The first-order chi connectivity index (χ1) is 9.65. The van der Waals surface area contributed by atoms with Crippen LogP contribution in [0, 0.1) is 5.92 Å². The Kier molecular flexibility index (Phi) is 6.05. The number of hydrogen-bond acceptors (Lipinski definition) is 3. The molecule has 0 saturated carbocycles. The zero-order chi connectivity index (χ0) is 16.2. The van der Waals surface area contributed by atoms with Crippen molar-refractivity contribution < 1.29 is 14.3 Å². The van der Waals surface area contributed by atoms with Gasteiger partial charge in [0.25, 0.3) is 0 Å². The Hall–Kier alpha value is -1.26. The van der Waals surface area contributed by atoms with Crippen LogP contribution in [0.2, 0.25) is 0 Å². The molecule has 21 heavy (non-hydrogen) atoms. The van der Waals surface area contributed by atoms with E-state index in [1.165, 1.54) is 0 Å². The monoisotopic (exact) mass is 298 g/mol. The van der Waals surface area contributed by atoms with Crippen molar-refractivity contribution in [3.8, 4) is 0 Å². The van der Waals surface area contributed by atoms with E-state index in [0.717, 1.165) is 6.42 Å². The lowest BCUT2D eigenvalue weighted by molar-refractivity contribution is -0.141. The quantitative estimate of drug-likeness (QED) is 0.802. The molecule has 1 rings (SSSR count). The Morgan fingerprint density at radius 3 is 2.43 bits per heavy atom. The molecule has 1 aliphatic rings. The molecule has 1 fully saturated rings. The van der Waals surface area contributed by atoms with Gasteiger partial charge in [-0.05, 0) is 46.5 Å². The third kappa shape index (κ3) is 5.21. The molecule has 0 aromatic heterocycles. The lowest BCUT2D eigenvalue weighted by atomic mass is 10.00. The van der Waals surface area contributed by atoms with E-state index in [0.29, 0.717) is 32.0 Å². The number of ether oxygens (including phenoxy) is 1. The van der Waals surface area contributed by atoms with Gasteiger partial charge in [0, 0.05) is 19.6 Å².